The minimum atomic E-state index is -3.96. The Labute approximate surface area is 255 Å². The average molecular weight is 653 g/mol. The van der Waals surface area contributed by atoms with Gasteiger partial charge in [0.05, 0.1) is 5.56 Å². The maximum atomic E-state index is 13.9. The van der Waals surface area contributed by atoms with Crippen LogP contribution in [0, 0.1) is 0 Å². The molecule has 42 heavy (non-hydrogen) atoms. The molecule has 1 aliphatic carbocycles. The number of hydrogen-bond acceptors (Lipinski definition) is 5. The smallest absolute Gasteiger partial charge is 0.269 e. The van der Waals surface area contributed by atoms with Crippen LogP contribution in [0.3, 0.4) is 0 Å². The fourth-order valence-corrected chi connectivity index (χ4v) is 7.78. The van der Waals surface area contributed by atoms with E-state index in [9.17, 15) is 22.8 Å². The van der Waals surface area contributed by atoms with E-state index in [2.05, 4.69) is 21.2 Å². The molecular weight excluding hydrogens is 618 g/mol. The van der Waals surface area contributed by atoms with Crippen LogP contribution < -0.4 is 5.32 Å². The number of carbonyl (C=O) groups excluding carboxylic acids is 3. The third-order valence-corrected chi connectivity index (χ3v) is 10.2. The highest BCUT2D eigenvalue weighted by Crippen LogP contribution is 2.30. The maximum Gasteiger partial charge on any atom is 0.269 e. The summed E-state index contributed by atoms with van der Waals surface area (Å²) in [7, 11) is -3.96. The number of amides is 3. The van der Waals surface area contributed by atoms with Crippen molar-refractivity contribution in [3.63, 3.8) is 0 Å². The molecule has 1 atom stereocenters. The number of benzene rings is 3. The predicted octanol–water partition coefficient (Wildman–Crippen LogP) is 5.07. The molecule has 1 unspecified atom stereocenters. The van der Waals surface area contributed by atoms with Gasteiger partial charge in [0.25, 0.3) is 15.9 Å². The number of sulfonamides is 1. The van der Waals surface area contributed by atoms with Crippen LogP contribution in [0.25, 0.3) is 0 Å². The van der Waals surface area contributed by atoms with Crippen LogP contribution in [0.5, 0.6) is 0 Å². The molecule has 1 heterocycles. The number of halogens is 1. The topological polar surface area (TPSA) is 104 Å². The molecular formula is C32H34BrN3O5S. The van der Waals surface area contributed by atoms with Crippen molar-refractivity contribution in [3.8, 4) is 0 Å². The van der Waals surface area contributed by atoms with Crippen LogP contribution in [0.4, 0.5) is 0 Å². The van der Waals surface area contributed by atoms with E-state index in [1.165, 1.54) is 12.1 Å². The molecule has 0 spiro atoms. The molecule has 10 heteroatoms. The zero-order chi connectivity index (χ0) is 29.7. The SMILES string of the molecule is O=C(NC1CCCC1)C(Cc1ccccc1)N(Cc1cccc(Br)c1)C(=O)CCCN1C(=O)c2ccccc2S1(=O)=O. The van der Waals surface area contributed by atoms with Gasteiger partial charge in [-0.25, -0.2) is 12.7 Å². The molecule has 1 aliphatic heterocycles. The van der Waals surface area contributed by atoms with Gasteiger partial charge in [0, 0.05) is 36.4 Å². The number of rotatable bonds is 11. The van der Waals surface area contributed by atoms with E-state index in [-0.39, 0.29) is 54.2 Å². The normalized spacial score (nSPS) is 16.7. The standard InChI is InChI=1S/C32H34BrN3O5S/c33-25-13-8-12-24(20-25)22-35(28(21-23-10-2-1-3-11-23)31(38)34-26-14-4-5-15-26)30(37)18-9-19-36-32(39)27-16-6-7-17-29(27)42(36,40)41/h1-3,6-8,10-13,16-17,20,26,28H,4-5,9,14-15,18-19,21-22H2,(H,34,38). The fourth-order valence-electron chi connectivity index (χ4n) is 5.72. The number of nitrogens with one attached hydrogen (secondary N) is 1. The summed E-state index contributed by atoms with van der Waals surface area (Å²) in [5.41, 5.74) is 1.94. The number of hydrogen-bond donors (Lipinski definition) is 1. The Morgan fingerprint density at radius 1 is 0.952 bits per heavy atom. The van der Waals surface area contributed by atoms with Crippen molar-refractivity contribution < 1.29 is 22.8 Å². The van der Waals surface area contributed by atoms with Gasteiger partial charge >= 0.3 is 0 Å². The molecule has 1 fully saturated rings. The molecule has 220 valence electrons. The predicted molar refractivity (Wildman–Crippen MR) is 163 cm³/mol. The van der Waals surface area contributed by atoms with E-state index in [1.807, 2.05) is 54.6 Å². The van der Waals surface area contributed by atoms with E-state index >= 15 is 0 Å². The van der Waals surface area contributed by atoms with Gasteiger partial charge in [-0.15, -0.1) is 0 Å². The Bertz CT molecular complexity index is 1560. The molecule has 1 N–H and O–H groups in total. The highest BCUT2D eigenvalue weighted by molar-refractivity contribution is 9.10. The van der Waals surface area contributed by atoms with Crippen LogP contribution in [0.2, 0.25) is 0 Å². The lowest BCUT2D eigenvalue weighted by Crippen LogP contribution is -2.52. The third-order valence-electron chi connectivity index (χ3n) is 7.88. The third kappa shape index (κ3) is 6.76. The largest absolute Gasteiger partial charge is 0.352 e. The quantitative estimate of drug-likeness (QED) is 0.312. The Morgan fingerprint density at radius 2 is 1.64 bits per heavy atom. The summed E-state index contributed by atoms with van der Waals surface area (Å²) < 4.78 is 27.7. The van der Waals surface area contributed by atoms with Crippen LogP contribution in [-0.4, -0.2) is 54.0 Å². The summed E-state index contributed by atoms with van der Waals surface area (Å²) in [4.78, 5) is 42.2. The molecule has 5 rings (SSSR count). The second kappa shape index (κ2) is 13.2. The van der Waals surface area contributed by atoms with E-state index < -0.39 is 22.0 Å². The first-order chi connectivity index (χ1) is 20.2. The van der Waals surface area contributed by atoms with Crippen molar-refractivity contribution in [2.24, 2.45) is 0 Å². The summed E-state index contributed by atoms with van der Waals surface area (Å²) in [6.07, 6.45) is 4.43. The van der Waals surface area contributed by atoms with Gasteiger partial charge in [-0.2, -0.15) is 0 Å². The first-order valence-electron chi connectivity index (χ1n) is 14.3. The molecule has 1 saturated carbocycles. The Kier molecular flexibility index (Phi) is 9.43. The number of nitrogens with zero attached hydrogens (tertiary/aromatic N) is 2. The summed E-state index contributed by atoms with van der Waals surface area (Å²) in [6, 6.07) is 22.7. The van der Waals surface area contributed by atoms with Gasteiger partial charge in [0.15, 0.2) is 0 Å². The summed E-state index contributed by atoms with van der Waals surface area (Å²) in [5, 5.41) is 3.18. The first kappa shape index (κ1) is 30.0. The lowest BCUT2D eigenvalue weighted by atomic mass is 10.0. The van der Waals surface area contributed by atoms with Crippen molar-refractivity contribution in [1.29, 1.82) is 0 Å². The van der Waals surface area contributed by atoms with Gasteiger partial charge in [0.2, 0.25) is 11.8 Å². The van der Waals surface area contributed by atoms with Crippen molar-refractivity contribution in [3.05, 3.63) is 100 Å². The van der Waals surface area contributed by atoms with Crippen molar-refractivity contribution >= 4 is 43.7 Å². The first-order valence-corrected chi connectivity index (χ1v) is 16.5. The lowest BCUT2D eigenvalue weighted by Gasteiger charge is -2.32. The number of fused-ring (bicyclic) bond motifs is 1. The van der Waals surface area contributed by atoms with E-state index in [1.54, 1.807) is 17.0 Å². The molecule has 3 amide bonds. The monoisotopic (exact) mass is 651 g/mol. The highest BCUT2D eigenvalue weighted by Gasteiger charge is 2.40. The lowest BCUT2D eigenvalue weighted by molar-refractivity contribution is -0.141. The molecule has 0 bridgehead atoms. The van der Waals surface area contributed by atoms with Gasteiger partial charge in [-0.3, -0.25) is 14.4 Å². The molecule has 3 aromatic carbocycles. The van der Waals surface area contributed by atoms with Crippen molar-refractivity contribution in [1.82, 2.24) is 14.5 Å². The van der Waals surface area contributed by atoms with Crippen molar-refractivity contribution in [2.45, 2.75) is 68.5 Å². The van der Waals surface area contributed by atoms with Gasteiger partial charge in [-0.05, 0) is 54.7 Å². The minimum Gasteiger partial charge on any atom is -0.352 e. The average Bonchev–Trinajstić information content (AvgIpc) is 3.56. The molecule has 8 nitrogen and oxygen atoms in total. The maximum absolute atomic E-state index is 13.9. The van der Waals surface area contributed by atoms with Crippen LogP contribution >= 0.6 is 15.9 Å². The highest BCUT2D eigenvalue weighted by atomic mass is 79.9. The van der Waals surface area contributed by atoms with Crippen LogP contribution in [0.15, 0.2) is 88.2 Å². The summed E-state index contributed by atoms with van der Waals surface area (Å²) in [5.74, 6) is -1.05. The molecule has 0 radical (unpaired) electrons. The zero-order valence-corrected chi connectivity index (χ0v) is 25.6. The number of carbonyl (C=O) groups is 3. The Morgan fingerprint density at radius 3 is 2.36 bits per heavy atom. The molecule has 2 aliphatic rings. The van der Waals surface area contributed by atoms with E-state index in [0.29, 0.717) is 6.42 Å². The zero-order valence-electron chi connectivity index (χ0n) is 23.2. The molecule has 0 saturated heterocycles. The second-order valence-corrected chi connectivity index (χ2v) is 13.6. The molecule has 0 aromatic heterocycles. The summed E-state index contributed by atoms with van der Waals surface area (Å²) in [6.45, 7) is 0.0875. The van der Waals surface area contributed by atoms with Crippen molar-refractivity contribution in [2.75, 3.05) is 6.54 Å². The van der Waals surface area contributed by atoms with Gasteiger partial charge < -0.3 is 10.2 Å². The Hall–Kier alpha value is -3.50. The minimum absolute atomic E-state index is 0.0101. The fraction of sp³-hybridized carbons (Fsp3) is 0.344. The van der Waals surface area contributed by atoms with Gasteiger partial charge in [0.1, 0.15) is 10.9 Å². The van der Waals surface area contributed by atoms with Crippen LogP contribution in [0.1, 0.15) is 60.0 Å². The van der Waals surface area contributed by atoms with E-state index in [4.69, 9.17) is 0 Å². The van der Waals surface area contributed by atoms with Crippen LogP contribution in [-0.2, 0) is 32.6 Å². The van der Waals surface area contributed by atoms with Gasteiger partial charge in [-0.1, -0.05) is 83.4 Å². The molecule has 3 aromatic rings. The summed E-state index contributed by atoms with van der Waals surface area (Å²) >= 11 is 3.50. The Balaban J connectivity index is 1.37. The second-order valence-electron chi connectivity index (χ2n) is 10.8. The van der Waals surface area contributed by atoms with E-state index in [0.717, 1.165) is 45.6 Å².